The number of nitrogens with zero attached hydrogens (tertiary/aromatic N) is 3. The second-order valence-corrected chi connectivity index (χ2v) is 7.80. The summed E-state index contributed by atoms with van der Waals surface area (Å²) >= 11 is 6.02. The van der Waals surface area contributed by atoms with Gasteiger partial charge in [0.2, 0.25) is 11.5 Å². The molecule has 1 unspecified atom stereocenters. The zero-order valence-corrected chi connectivity index (χ0v) is 18.7. The molecule has 9 heteroatoms. The molecule has 32 heavy (non-hydrogen) atoms. The number of hydrogen-bond donors (Lipinski definition) is 1. The standard InChI is InChI=1S/C23H21ClN4O4/c1-12-19-22(32-27-12)20(17-6-5-7-18(21(17)31-4)25-14(3)29)26-28(23(19)30)13(2)15-8-10-16(24)11-9-15/h5-11,13H,1-4H3,(H,25,29). The van der Waals surface area contributed by atoms with Crippen LogP contribution in [-0.4, -0.2) is 28.0 Å². The molecule has 4 aromatic rings. The summed E-state index contributed by atoms with van der Waals surface area (Å²) in [5.74, 6) is 0.158. The fourth-order valence-electron chi connectivity index (χ4n) is 3.65. The molecule has 0 spiro atoms. The number of nitrogens with one attached hydrogen (secondary N) is 1. The average Bonchev–Trinajstić information content (AvgIpc) is 3.16. The van der Waals surface area contributed by atoms with E-state index in [0.29, 0.717) is 38.8 Å². The van der Waals surface area contributed by atoms with Crippen molar-refractivity contribution in [3.63, 3.8) is 0 Å². The molecular formula is C23H21ClN4O4. The average molecular weight is 453 g/mol. The third kappa shape index (κ3) is 3.73. The van der Waals surface area contributed by atoms with Crippen LogP contribution in [0.2, 0.25) is 5.02 Å². The first-order chi connectivity index (χ1) is 15.3. The molecular weight excluding hydrogens is 432 g/mol. The Hall–Kier alpha value is -3.65. The monoisotopic (exact) mass is 452 g/mol. The summed E-state index contributed by atoms with van der Waals surface area (Å²) in [4.78, 5) is 25.0. The lowest BCUT2D eigenvalue weighted by Gasteiger charge is -2.18. The Balaban J connectivity index is 1.99. The lowest BCUT2D eigenvalue weighted by Crippen LogP contribution is -2.27. The van der Waals surface area contributed by atoms with E-state index in [1.807, 2.05) is 19.1 Å². The number of ether oxygens (including phenoxy) is 1. The highest BCUT2D eigenvalue weighted by Crippen LogP contribution is 2.38. The molecule has 0 saturated carbocycles. The highest BCUT2D eigenvalue weighted by Gasteiger charge is 2.24. The molecule has 4 rings (SSSR count). The first-order valence-corrected chi connectivity index (χ1v) is 10.3. The maximum Gasteiger partial charge on any atom is 0.280 e. The highest BCUT2D eigenvalue weighted by molar-refractivity contribution is 6.30. The maximum absolute atomic E-state index is 13.3. The van der Waals surface area contributed by atoms with Crippen molar-refractivity contribution in [1.29, 1.82) is 0 Å². The van der Waals surface area contributed by atoms with Gasteiger partial charge in [-0.25, -0.2) is 4.68 Å². The van der Waals surface area contributed by atoms with Gasteiger partial charge in [0.05, 0.1) is 30.1 Å². The topological polar surface area (TPSA) is 99.2 Å². The van der Waals surface area contributed by atoms with Gasteiger partial charge < -0.3 is 14.6 Å². The number of amides is 1. The lowest BCUT2D eigenvalue weighted by molar-refractivity contribution is -0.114. The van der Waals surface area contributed by atoms with E-state index in [4.69, 9.17) is 20.9 Å². The molecule has 0 aliphatic heterocycles. The summed E-state index contributed by atoms with van der Waals surface area (Å²) < 4.78 is 12.5. The molecule has 0 fully saturated rings. The van der Waals surface area contributed by atoms with Crippen LogP contribution in [0.5, 0.6) is 5.75 Å². The number of para-hydroxylation sites is 1. The molecule has 0 radical (unpaired) electrons. The number of carbonyl (C=O) groups is 1. The Bertz CT molecular complexity index is 1380. The molecule has 0 aliphatic rings. The van der Waals surface area contributed by atoms with E-state index < -0.39 is 0 Å². The number of aryl methyl sites for hydroxylation is 1. The van der Waals surface area contributed by atoms with Crippen LogP contribution in [0.1, 0.15) is 31.1 Å². The van der Waals surface area contributed by atoms with E-state index in [1.165, 1.54) is 18.7 Å². The van der Waals surface area contributed by atoms with E-state index in [-0.39, 0.29) is 23.1 Å². The van der Waals surface area contributed by atoms with Crippen LogP contribution in [0.25, 0.3) is 22.2 Å². The van der Waals surface area contributed by atoms with Crippen LogP contribution in [0.4, 0.5) is 5.69 Å². The summed E-state index contributed by atoms with van der Waals surface area (Å²) in [6.45, 7) is 5.00. The fraction of sp³-hybridized carbons (Fsp3) is 0.217. The lowest BCUT2D eigenvalue weighted by atomic mass is 10.1. The van der Waals surface area contributed by atoms with E-state index in [1.54, 1.807) is 37.3 Å². The summed E-state index contributed by atoms with van der Waals surface area (Å²) in [5.41, 5.74) is 2.67. The predicted molar refractivity (Wildman–Crippen MR) is 122 cm³/mol. The summed E-state index contributed by atoms with van der Waals surface area (Å²) in [7, 11) is 1.50. The summed E-state index contributed by atoms with van der Waals surface area (Å²) in [6.07, 6.45) is 0. The molecule has 1 atom stereocenters. The van der Waals surface area contributed by atoms with Crippen molar-refractivity contribution in [2.24, 2.45) is 0 Å². The van der Waals surface area contributed by atoms with Gasteiger partial charge in [-0.05, 0) is 43.7 Å². The highest BCUT2D eigenvalue weighted by atomic mass is 35.5. The van der Waals surface area contributed by atoms with E-state index >= 15 is 0 Å². The van der Waals surface area contributed by atoms with Gasteiger partial charge in [0.1, 0.15) is 11.1 Å². The number of aromatic nitrogens is 3. The minimum absolute atomic E-state index is 0.240. The van der Waals surface area contributed by atoms with Crippen molar-refractivity contribution in [2.75, 3.05) is 12.4 Å². The molecule has 2 heterocycles. The number of benzene rings is 2. The molecule has 0 saturated heterocycles. The first-order valence-electron chi connectivity index (χ1n) is 9.91. The largest absolute Gasteiger partial charge is 0.494 e. The smallest absolute Gasteiger partial charge is 0.280 e. The number of hydrogen-bond acceptors (Lipinski definition) is 6. The zero-order valence-electron chi connectivity index (χ0n) is 18.0. The third-order valence-electron chi connectivity index (χ3n) is 5.21. The molecule has 8 nitrogen and oxygen atoms in total. The number of anilines is 1. The van der Waals surface area contributed by atoms with Gasteiger partial charge in [-0.1, -0.05) is 35.0 Å². The molecule has 0 aliphatic carbocycles. The van der Waals surface area contributed by atoms with Gasteiger partial charge in [0.15, 0.2) is 5.75 Å². The van der Waals surface area contributed by atoms with Crippen molar-refractivity contribution in [3.05, 3.63) is 69.1 Å². The Kier molecular flexibility index (Phi) is 5.71. The molecule has 1 amide bonds. The maximum atomic E-state index is 13.3. The van der Waals surface area contributed by atoms with Crippen molar-refractivity contribution in [2.45, 2.75) is 26.8 Å². The van der Waals surface area contributed by atoms with Gasteiger partial charge in [0, 0.05) is 11.9 Å². The van der Waals surface area contributed by atoms with E-state index in [0.717, 1.165) is 5.56 Å². The second-order valence-electron chi connectivity index (χ2n) is 7.37. The summed E-state index contributed by atoms with van der Waals surface area (Å²) in [6, 6.07) is 12.1. The van der Waals surface area contributed by atoms with Crippen LogP contribution in [-0.2, 0) is 4.79 Å². The van der Waals surface area contributed by atoms with Crippen LogP contribution >= 0.6 is 11.6 Å². The zero-order chi connectivity index (χ0) is 23.0. The number of rotatable bonds is 5. The second kappa shape index (κ2) is 8.47. The van der Waals surface area contributed by atoms with Gasteiger partial charge in [-0.15, -0.1) is 0 Å². The van der Waals surface area contributed by atoms with Crippen LogP contribution in [0.15, 0.2) is 51.8 Å². The third-order valence-corrected chi connectivity index (χ3v) is 5.46. The molecule has 2 aromatic heterocycles. The van der Waals surface area contributed by atoms with Crippen molar-refractivity contribution in [1.82, 2.24) is 14.9 Å². The van der Waals surface area contributed by atoms with Crippen LogP contribution in [0.3, 0.4) is 0 Å². The predicted octanol–water partition coefficient (Wildman–Crippen LogP) is 4.59. The van der Waals surface area contributed by atoms with E-state index in [9.17, 15) is 9.59 Å². The Morgan fingerprint density at radius 3 is 2.59 bits per heavy atom. The van der Waals surface area contributed by atoms with Crippen molar-refractivity contribution >= 4 is 34.2 Å². The Labute approximate surface area is 188 Å². The van der Waals surface area contributed by atoms with E-state index in [2.05, 4.69) is 15.6 Å². The number of methoxy groups -OCH3 is 1. The molecule has 2 aromatic carbocycles. The van der Waals surface area contributed by atoms with Gasteiger partial charge in [-0.3, -0.25) is 9.59 Å². The first kappa shape index (κ1) is 21.6. The van der Waals surface area contributed by atoms with Crippen LogP contribution in [0, 0.1) is 6.92 Å². The summed E-state index contributed by atoms with van der Waals surface area (Å²) in [5, 5.41) is 12.3. The quantitative estimate of drug-likeness (QED) is 0.475. The SMILES string of the molecule is COc1c(NC(C)=O)cccc1-c1nn(C(C)c2ccc(Cl)cc2)c(=O)c2c(C)noc12. The van der Waals surface area contributed by atoms with Crippen LogP contribution < -0.4 is 15.6 Å². The molecule has 1 N–H and O–H groups in total. The van der Waals surface area contributed by atoms with Gasteiger partial charge in [-0.2, -0.15) is 5.10 Å². The minimum Gasteiger partial charge on any atom is -0.494 e. The van der Waals surface area contributed by atoms with Crippen molar-refractivity contribution in [3.8, 4) is 17.0 Å². The fourth-order valence-corrected chi connectivity index (χ4v) is 3.77. The molecule has 164 valence electrons. The minimum atomic E-state index is -0.387. The molecule has 0 bridgehead atoms. The van der Waals surface area contributed by atoms with Crippen molar-refractivity contribution < 1.29 is 14.1 Å². The Morgan fingerprint density at radius 2 is 1.94 bits per heavy atom. The number of carbonyl (C=O) groups excluding carboxylic acids is 1. The Morgan fingerprint density at radius 1 is 1.22 bits per heavy atom. The van der Waals surface area contributed by atoms with Gasteiger partial charge in [0.25, 0.3) is 5.56 Å². The van der Waals surface area contributed by atoms with Gasteiger partial charge >= 0.3 is 0 Å². The normalized spacial score (nSPS) is 12.0. The number of fused-ring (bicyclic) bond motifs is 1. The number of halogens is 1.